The van der Waals surface area contributed by atoms with Crippen molar-refractivity contribution in [3.05, 3.63) is 141 Å². The predicted octanol–water partition coefficient (Wildman–Crippen LogP) is 7.40. The maximum atomic E-state index is 4.91. The van der Waals surface area contributed by atoms with Gasteiger partial charge in [0.15, 0.2) is 0 Å². The van der Waals surface area contributed by atoms with Gasteiger partial charge >= 0.3 is 0 Å². The third-order valence-corrected chi connectivity index (χ3v) is 12.1. The zero-order valence-electron chi connectivity index (χ0n) is 27.0. The molecule has 5 heteroatoms. The van der Waals surface area contributed by atoms with Crippen LogP contribution in [0, 0.1) is 17.8 Å². The lowest BCUT2D eigenvalue weighted by molar-refractivity contribution is 0.273. The first kappa shape index (κ1) is 27.7. The highest BCUT2D eigenvalue weighted by atomic mass is 15.3. The van der Waals surface area contributed by atoms with E-state index in [2.05, 4.69) is 113 Å². The lowest BCUT2D eigenvalue weighted by Gasteiger charge is -2.39. The highest BCUT2D eigenvalue weighted by molar-refractivity contribution is 5.69. The summed E-state index contributed by atoms with van der Waals surface area (Å²) in [6, 6.07) is 1.15. The van der Waals surface area contributed by atoms with Crippen LogP contribution < -0.4 is 10.6 Å². The second-order valence-corrected chi connectivity index (χ2v) is 14.6. The average Bonchev–Trinajstić information content (AvgIpc) is 3.48. The number of nitrogens with zero attached hydrogens (tertiary/aromatic N) is 3. The van der Waals surface area contributed by atoms with Crippen LogP contribution in [0.2, 0.25) is 0 Å². The summed E-state index contributed by atoms with van der Waals surface area (Å²) < 4.78 is 0. The van der Waals surface area contributed by atoms with Crippen LogP contribution in [0.15, 0.2) is 151 Å². The first-order chi connectivity index (χ1) is 23.3. The monoisotopic (exact) mass is 617 g/mol. The molecule has 7 unspecified atom stereocenters. The van der Waals surface area contributed by atoms with Gasteiger partial charge in [-0.2, -0.15) is 0 Å². The van der Waals surface area contributed by atoms with Crippen LogP contribution in [0.25, 0.3) is 0 Å². The predicted molar refractivity (Wildman–Crippen MR) is 192 cm³/mol. The van der Waals surface area contributed by atoms with Crippen LogP contribution in [0.4, 0.5) is 0 Å². The van der Waals surface area contributed by atoms with Gasteiger partial charge < -0.3 is 15.5 Å². The van der Waals surface area contributed by atoms with Crippen molar-refractivity contribution >= 4 is 12.4 Å². The third-order valence-electron chi connectivity index (χ3n) is 12.1. The maximum absolute atomic E-state index is 4.91. The molecule has 0 radical (unpaired) electrons. The second-order valence-electron chi connectivity index (χ2n) is 14.6. The molecule has 236 valence electrons. The van der Waals surface area contributed by atoms with E-state index in [9.17, 15) is 0 Å². The summed E-state index contributed by atoms with van der Waals surface area (Å²) in [5, 5.41) is 7.78. The molecule has 0 amide bonds. The van der Waals surface area contributed by atoms with Crippen LogP contribution in [0.3, 0.4) is 0 Å². The number of nitrogens with one attached hydrogen (secondary N) is 2. The van der Waals surface area contributed by atoms with Gasteiger partial charge in [0, 0.05) is 36.2 Å². The van der Waals surface area contributed by atoms with Crippen molar-refractivity contribution in [3.8, 4) is 0 Å². The van der Waals surface area contributed by atoms with E-state index >= 15 is 0 Å². The largest absolute Gasteiger partial charge is 0.380 e. The van der Waals surface area contributed by atoms with Gasteiger partial charge in [-0.25, -0.2) is 0 Å². The maximum Gasteiger partial charge on any atom is 0.103 e. The van der Waals surface area contributed by atoms with E-state index in [1.165, 1.54) is 70.8 Å². The Hall–Kier alpha value is -4.38. The van der Waals surface area contributed by atoms with E-state index < -0.39 is 0 Å². The molecule has 2 N–H and O–H groups in total. The molecule has 0 aromatic rings. The number of aliphatic imine (C=N–C) groups is 2. The van der Waals surface area contributed by atoms with Gasteiger partial charge in [-0.1, -0.05) is 78.5 Å². The average molecular weight is 618 g/mol. The minimum absolute atomic E-state index is 0.214. The van der Waals surface area contributed by atoms with Crippen molar-refractivity contribution in [2.45, 2.75) is 75.5 Å². The van der Waals surface area contributed by atoms with Gasteiger partial charge in [0.25, 0.3) is 0 Å². The molecule has 1 saturated heterocycles. The van der Waals surface area contributed by atoms with Crippen LogP contribution >= 0.6 is 0 Å². The zero-order valence-corrected chi connectivity index (χ0v) is 27.0. The molecule has 0 saturated carbocycles. The summed E-state index contributed by atoms with van der Waals surface area (Å²) >= 11 is 0. The van der Waals surface area contributed by atoms with Crippen molar-refractivity contribution in [1.29, 1.82) is 0 Å². The molecule has 0 aromatic heterocycles. The van der Waals surface area contributed by atoms with Gasteiger partial charge in [0.2, 0.25) is 0 Å². The summed E-state index contributed by atoms with van der Waals surface area (Å²) in [4.78, 5) is 12.5. The van der Waals surface area contributed by atoms with E-state index in [1.807, 2.05) is 0 Å². The minimum atomic E-state index is 0.214. The summed E-state index contributed by atoms with van der Waals surface area (Å²) in [7, 11) is 0. The molecule has 5 aliphatic carbocycles. The Labute approximate surface area is 278 Å². The number of rotatable bonds is 3. The minimum Gasteiger partial charge on any atom is -0.380 e. The topological polar surface area (TPSA) is 52.0 Å². The van der Waals surface area contributed by atoms with E-state index in [4.69, 9.17) is 9.98 Å². The molecule has 10 rings (SSSR count). The number of hydrogen-bond donors (Lipinski definition) is 2. The smallest absolute Gasteiger partial charge is 0.103 e. The fraction of sp³-hybridized carbons (Fsp3) is 0.381. The van der Waals surface area contributed by atoms with Crippen molar-refractivity contribution in [3.63, 3.8) is 0 Å². The summed E-state index contributed by atoms with van der Waals surface area (Å²) in [6.07, 6.45) is 46.8. The highest BCUT2D eigenvalue weighted by Gasteiger charge is 2.51. The van der Waals surface area contributed by atoms with Crippen LogP contribution in [-0.4, -0.2) is 48.0 Å². The summed E-state index contributed by atoms with van der Waals surface area (Å²) in [6.45, 7) is 0.850. The van der Waals surface area contributed by atoms with E-state index in [0.29, 0.717) is 29.8 Å². The van der Waals surface area contributed by atoms with E-state index in [0.717, 1.165) is 32.2 Å². The Morgan fingerprint density at radius 3 is 2.74 bits per heavy atom. The first-order valence-electron chi connectivity index (χ1n) is 18.1. The van der Waals surface area contributed by atoms with Crippen LogP contribution in [0.1, 0.15) is 51.4 Å². The van der Waals surface area contributed by atoms with Gasteiger partial charge in [-0.15, -0.1) is 0 Å². The Morgan fingerprint density at radius 2 is 1.79 bits per heavy atom. The van der Waals surface area contributed by atoms with Gasteiger partial charge in [0.05, 0.1) is 29.9 Å². The standard InChI is InChI=1S/C42H43N5/c1-3-10-31-26(7-1)14-19-38-40(31)34-23-28(15-18-37(34)47(38)39-20-16-27-8-2-4-12-36(27)46-39)35-17-13-30(25-45-35)33-24-29-9-5-21-43-41(29)42-32(33)11-6-22-44-42/h2,4,8,12-24,29,34,36-38,40-41,45-46H,1,3,5-7,9-11,25H2. The van der Waals surface area contributed by atoms with Crippen molar-refractivity contribution in [2.24, 2.45) is 27.7 Å². The quantitative estimate of drug-likeness (QED) is 0.347. The molecule has 0 bridgehead atoms. The Bertz CT molecular complexity index is 1860. The molecule has 1 fully saturated rings. The Morgan fingerprint density at radius 1 is 0.830 bits per heavy atom. The van der Waals surface area contributed by atoms with Gasteiger partial charge in [-0.05, 0) is 103 Å². The summed E-state index contributed by atoms with van der Waals surface area (Å²) in [5.74, 6) is 2.66. The second kappa shape index (κ2) is 11.1. The normalized spacial score (nSPS) is 35.9. The fourth-order valence-corrected chi connectivity index (χ4v) is 9.93. The van der Waals surface area contributed by atoms with Gasteiger partial charge in [-0.3, -0.25) is 9.98 Å². The molecule has 5 nitrogen and oxygen atoms in total. The fourth-order valence-electron chi connectivity index (χ4n) is 9.93. The highest BCUT2D eigenvalue weighted by Crippen LogP contribution is 2.51. The number of dihydropyridines is 2. The first-order valence-corrected chi connectivity index (χ1v) is 18.1. The number of likely N-dealkylation sites (tertiary alicyclic amines) is 1. The van der Waals surface area contributed by atoms with Crippen LogP contribution in [0.5, 0.6) is 0 Å². The third kappa shape index (κ3) is 4.49. The van der Waals surface area contributed by atoms with E-state index in [1.54, 1.807) is 11.1 Å². The molecule has 0 spiro atoms. The van der Waals surface area contributed by atoms with E-state index in [-0.39, 0.29) is 12.1 Å². The van der Waals surface area contributed by atoms with Crippen molar-refractivity contribution in [2.75, 3.05) is 6.54 Å². The lowest BCUT2D eigenvalue weighted by Crippen LogP contribution is -2.45. The molecule has 10 aliphatic rings. The summed E-state index contributed by atoms with van der Waals surface area (Å²) in [5.41, 5.74) is 12.7. The molecule has 0 aromatic carbocycles. The number of hydrogen-bond acceptors (Lipinski definition) is 5. The number of allylic oxidation sites excluding steroid dienone is 10. The molecule has 5 heterocycles. The molecular weight excluding hydrogens is 574 g/mol. The zero-order chi connectivity index (χ0) is 30.9. The Balaban J connectivity index is 0.981. The van der Waals surface area contributed by atoms with Crippen LogP contribution in [-0.2, 0) is 0 Å². The Kier molecular flexibility index (Phi) is 6.55. The van der Waals surface area contributed by atoms with Crippen molar-refractivity contribution < 1.29 is 0 Å². The lowest BCUT2D eigenvalue weighted by atomic mass is 9.71. The number of fused-ring (bicyclic) bond motifs is 7. The van der Waals surface area contributed by atoms with Crippen molar-refractivity contribution in [1.82, 2.24) is 15.5 Å². The van der Waals surface area contributed by atoms with Gasteiger partial charge in [0.1, 0.15) is 5.82 Å². The SMILES string of the molecule is C1=CC2=CC=C(N3C4C=CC(C5=CC=C(C6=CC7CCC=NC7C7=C6CCC=N7)CN5)=CC4C4C5=C(C=CC43)CCCC5)NC2C=C1. The molecular formula is C42H43N5. The molecule has 47 heavy (non-hydrogen) atoms. The molecule has 7 atom stereocenters. The molecule has 5 aliphatic heterocycles.